The summed E-state index contributed by atoms with van der Waals surface area (Å²) in [5, 5.41) is 4.85. The number of rotatable bonds is 2. The van der Waals surface area contributed by atoms with E-state index >= 15 is 0 Å². The number of anilines is 1. The molecule has 1 saturated heterocycles. The van der Waals surface area contributed by atoms with E-state index in [9.17, 15) is 0 Å². The van der Waals surface area contributed by atoms with E-state index < -0.39 is 0 Å². The van der Waals surface area contributed by atoms with E-state index in [0.717, 1.165) is 5.52 Å². The quantitative estimate of drug-likeness (QED) is 0.858. The Morgan fingerprint density at radius 2 is 2.25 bits per heavy atom. The zero-order chi connectivity index (χ0) is 10.8. The first-order valence-corrected chi connectivity index (χ1v) is 6.77. The Morgan fingerprint density at radius 1 is 1.25 bits per heavy atom. The molecular formula is C13H14N2S. The van der Waals surface area contributed by atoms with Crippen molar-refractivity contribution >= 4 is 28.4 Å². The van der Waals surface area contributed by atoms with Crippen molar-refractivity contribution in [2.75, 3.05) is 16.8 Å². The fourth-order valence-electron chi connectivity index (χ4n) is 2.10. The van der Waals surface area contributed by atoms with Crippen molar-refractivity contribution in [1.82, 2.24) is 4.98 Å². The SMILES string of the molecule is c1cc(NC2CCSC2)c2cccnc2c1. The molecule has 1 unspecified atom stereocenters. The number of thioether (sulfide) groups is 1. The van der Waals surface area contributed by atoms with Crippen LogP contribution in [0.3, 0.4) is 0 Å². The highest BCUT2D eigenvalue weighted by molar-refractivity contribution is 7.99. The molecule has 0 aliphatic carbocycles. The van der Waals surface area contributed by atoms with Crippen LogP contribution in [0.5, 0.6) is 0 Å². The second kappa shape index (κ2) is 4.34. The number of pyridine rings is 1. The fraction of sp³-hybridized carbons (Fsp3) is 0.308. The molecule has 1 fully saturated rings. The highest BCUT2D eigenvalue weighted by atomic mass is 32.2. The van der Waals surface area contributed by atoms with E-state index in [4.69, 9.17) is 0 Å². The molecule has 0 spiro atoms. The molecule has 16 heavy (non-hydrogen) atoms. The van der Waals surface area contributed by atoms with Crippen LogP contribution in [0.4, 0.5) is 5.69 Å². The Kier molecular flexibility index (Phi) is 2.70. The molecule has 82 valence electrons. The lowest BCUT2D eigenvalue weighted by atomic mass is 10.1. The average Bonchev–Trinajstić information content (AvgIpc) is 2.82. The molecule has 0 bridgehead atoms. The van der Waals surface area contributed by atoms with Crippen molar-refractivity contribution < 1.29 is 0 Å². The molecule has 2 heterocycles. The molecule has 1 aromatic carbocycles. The van der Waals surface area contributed by atoms with Gasteiger partial charge in [-0.3, -0.25) is 4.98 Å². The maximum absolute atomic E-state index is 4.37. The Labute approximate surface area is 99.5 Å². The lowest BCUT2D eigenvalue weighted by Gasteiger charge is -2.14. The van der Waals surface area contributed by atoms with Crippen molar-refractivity contribution in [1.29, 1.82) is 0 Å². The van der Waals surface area contributed by atoms with Gasteiger partial charge in [-0.15, -0.1) is 0 Å². The molecule has 1 atom stereocenters. The third-order valence-electron chi connectivity index (χ3n) is 2.94. The number of hydrogen-bond donors (Lipinski definition) is 1. The Morgan fingerprint density at radius 3 is 3.12 bits per heavy atom. The topological polar surface area (TPSA) is 24.9 Å². The number of fused-ring (bicyclic) bond motifs is 1. The number of benzene rings is 1. The van der Waals surface area contributed by atoms with E-state index in [1.165, 1.54) is 29.0 Å². The highest BCUT2D eigenvalue weighted by Crippen LogP contribution is 2.26. The van der Waals surface area contributed by atoms with Crippen LogP contribution in [0.15, 0.2) is 36.5 Å². The number of nitrogens with one attached hydrogen (secondary N) is 1. The number of aromatic nitrogens is 1. The summed E-state index contributed by atoms with van der Waals surface area (Å²) in [6.07, 6.45) is 3.11. The maximum atomic E-state index is 4.37. The molecular weight excluding hydrogens is 216 g/mol. The third kappa shape index (κ3) is 1.87. The summed E-state index contributed by atoms with van der Waals surface area (Å²) in [5.74, 6) is 2.50. The first-order chi connectivity index (χ1) is 7.93. The Balaban J connectivity index is 1.96. The lowest BCUT2D eigenvalue weighted by molar-refractivity contribution is 0.814. The van der Waals surface area contributed by atoms with E-state index in [-0.39, 0.29) is 0 Å². The summed E-state index contributed by atoms with van der Waals surface area (Å²) < 4.78 is 0. The molecule has 3 heteroatoms. The maximum Gasteiger partial charge on any atom is 0.0722 e. The van der Waals surface area contributed by atoms with Gasteiger partial charge in [0, 0.05) is 29.1 Å². The number of nitrogens with zero attached hydrogens (tertiary/aromatic N) is 1. The van der Waals surface area contributed by atoms with Gasteiger partial charge in [-0.2, -0.15) is 11.8 Å². The summed E-state index contributed by atoms with van der Waals surface area (Å²) in [7, 11) is 0. The first-order valence-electron chi connectivity index (χ1n) is 5.61. The molecule has 0 radical (unpaired) electrons. The van der Waals surface area contributed by atoms with Crippen LogP contribution in [0.1, 0.15) is 6.42 Å². The Hall–Kier alpha value is -1.22. The van der Waals surface area contributed by atoms with Crippen LogP contribution in [0.2, 0.25) is 0 Å². The fourth-order valence-corrected chi connectivity index (χ4v) is 3.25. The largest absolute Gasteiger partial charge is 0.381 e. The van der Waals surface area contributed by atoms with Crippen LogP contribution in [0.25, 0.3) is 10.9 Å². The average molecular weight is 230 g/mol. The summed E-state index contributed by atoms with van der Waals surface area (Å²) in [5.41, 5.74) is 2.29. The van der Waals surface area contributed by atoms with Crippen molar-refractivity contribution in [3.63, 3.8) is 0 Å². The first kappa shape index (κ1) is 9.97. The second-order valence-electron chi connectivity index (χ2n) is 4.08. The summed E-state index contributed by atoms with van der Waals surface area (Å²) in [4.78, 5) is 4.37. The minimum Gasteiger partial charge on any atom is -0.381 e. The van der Waals surface area contributed by atoms with Gasteiger partial charge in [0.15, 0.2) is 0 Å². The standard InChI is InChI=1S/C13H14N2S/c1-4-12-11(3-2-7-14-12)13(5-1)15-10-6-8-16-9-10/h1-5,7,10,15H,6,8-9H2. The van der Waals surface area contributed by atoms with E-state index in [1.54, 1.807) is 0 Å². The predicted molar refractivity (Wildman–Crippen MR) is 71.1 cm³/mol. The molecule has 0 saturated carbocycles. The molecule has 1 aliphatic rings. The van der Waals surface area contributed by atoms with E-state index in [2.05, 4.69) is 34.6 Å². The van der Waals surface area contributed by atoms with Crippen molar-refractivity contribution in [2.24, 2.45) is 0 Å². The molecule has 0 amide bonds. The smallest absolute Gasteiger partial charge is 0.0722 e. The second-order valence-corrected chi connectivity index (χ2v) is 5.23. The van der Waals surface area contributed by atoms with Gasteiger partial charge in [0.1, 0.15) is 0 Å². The molecule has 1 aromatic heterocycles. The van der Waals surface area contributed by atoms with Gasteiger partial charge < -0.3 is 5.32 Å². The lowest BCUT2D eigenvalue weighted by Crippen LogP contribution is -2.18. The zero-order valence-electron chi connectivity index (χ0n) is 9.02. The van der Waals surface area contributed by atoms with Gasteiger partial charge in [0.25, 0.3) is 0 Å². The van der Waals surface area contributed by atoms with Crippen molar-refractivity contribution in [3.8, 4) is 0 Å². The highest BCUT2D eigenvalue weighted by Gasteiger charge is 2.15. The molecule has 2 nitrogen and oxygen atoms in total. The van der Waals surface area contributed by atoms with Crippen LogP contribution < -0.4 is 5.32 Å². The van der Waals surface area contributed by atoms with Crippen molar-refractivity contribution in [3.05, 3.63) is 36.5 Å². The molecule has 1 N–H and O–H groups in total. The van der Waals surface area contributed by atoms with Crippen molar-refractivity contribution in [2.45, 2.75) is 12.5 Å². The number of hydrogen-bond acceptors (Lipinski definition) is 3. The summed E-state index contributed by atoms with van der Waals surface area (Å²) >= 11 is 2.03. The molecule has 1 aliphatic heterocycles. The summed E-state index contributed by atoms with van der Waals surface area (Å²) in [6, 6.07) is 11.0. The normalized spacial score (nSPS) is 20.1. The zero-order valence-corrected chi connectivity index (χ0v) is 9.83. The van der Waals surface area contributed by atoms with E-state index in [1.807, 2.05) is 24.0 Å². The summed E-state index contributed by atoms with van der Waals surface area (Å²) in [6.45, 7) is 0. The van der Waals surface area contributed by atoms with Gasteiger partial charge in [-0.05, 0) is 36.4 Å². The monoisotopic (exact) mass is 230 g/mol. The van der Waals surface area contributed by atoms with E-state index in [0.29, 0.717) is 6.04 Å². The molecule has 2 aromatic rings. The minimum atomic E-state index is 0.621. The predicted octanol–water partition coefficient (Wildman–Crippen LogP) is 3.15. The van der Waals surface area contributed by atoms with Gasteiger partial charge in [-0.1, -0.05) is 6.07 Å². The molecule has 3 rings (SSSR count). The van der Waals surface area contributed by atoms with Gasteiger partial charge in [0.05, 0.1) is 5.52 Å². The van der Waals surface area contributed by atoms with Crippen LogP contribution in [0, 0.1) is 0 Å². The van der Waals surface area contributed by atoms with Crippen LogP contribution >= 0.6 is 11.8 Å². The third-order valence-corrected chi connectivity index (χ3v) is 4.10. The van der Waals surface area contributed by atoms with Gasteiger partial charge in [-0.25, -0.2) is 0 Å². The minimum absolute atomic E-state index is 0.621. The van der Waals surface area contributed by atoms with Gasteiger partial charge >= 0.3 is 0 Å². The van der Waals surface area contributed by atoms with Gasteiger partial charge in [0.2, 0.25) is 0 Å². The van der Waals surface area contributed by atoms with Crippen LogP contribution in [-0.4, -0.2) is 22.5 Å². The Bertz CT molecular complexity index is 487. The van der Waals surface area contributed by atoms with Crippen LogP contribution in [-0.2, 0) is 0 Å².